The van der Waals surface area contributed by atoms with Crippen LogP contribution >= 0.6 is 0 Å². The molecule has 1 N–H and O–H groups in total. The molecule has 1 atom stereocenters. The number of aromatic amines is 1. The van der Waals surface area contributed by atoms with Crippen LogP contribution < -0.4 is 5.56 Å². The lowest BCUT2D eigenvalue weighted by Gasteiger charge is -2.23. The van der Waals surface area contributed by atoms with Crippen molar-refractivity contribution in [2.24, 2.45) is 7.05 Å². The Hall–Kier alpha value is -3.28. The van der Waals surface area contributed by atoms with E-state index in [1.807, 2.05) is 30.9 Å². The summed E-state index contributed by atoms with van der Waals surface area (Å²) in [4.78, 5) is 24.4. The number of allylic oxidation sites excluding steroid dienone is 2. The molecule has 5 rings (SSSR count). The van der Waals surface area contributed by atoms with E-state index in [2.05, 4.69) is 45.2 Å². The van der Waals surface area contributed by atoms with Gasteiger partial charge in [-0.25, -0.2) is 4.98 Å². The molecule has 0 saturated carbocycles. The fraction of sp³-hybridized carbons (Fsp3) is 0.304. The molecule has 1 aromatic carbocycles. The van der Waals surface area contributed by atoms with Gasteiger partial charge < -0.3 is 4.98 Å². The summed E-state index contributed by atoms with van der Waals surface area (Å²) >= 11 is 0. The number of hydrogen-bond donors (Lipinski definition) is 1. The first-order chi connectivity index (χ1) is 14.0. The molecule has 0 amide bonds. The molecule has 0 spiro atoms. The number of H-pyrrole nitrogens is 1. The predicted molar refractivity (Wildman–Crippen MR) is 115 cm³/mol. The maximum Gasteiger partial charge on any atom is 0.253 e. The number of nitrogens with one attached hydrogen (secondary N) is 1. The minimum atomic E-state index is -0.0511. The summed E-state index contributed by atoms with van der Waals surface area (Å²) < 4.78 is 1.92. The highest BCUT2D eigenvalue weighted by molar-refractivity contribution is 5.93. The molecule has 0 fully saturated rings. The Morgan fingerprint density at radius 3 is 2.86 bits per heavy atom. The topological polar surface area (TPSA) is 76.5 Å². The molecule has 1 aliphatic carbocycles. The molecule has 3 heterocycles. The molecule has 6 nitrogen and oxygen atoms in total. The first kappa shape index (κ1) is 17.8. The normalized spacial score (nSPS) is 17.1. The van der Waals surface area contributed by atoms with Crippen molar-refractivity contribution in [3.8, 4) is 0 Å². The van der Waals surface area contributed by atoms with Crippen molar-refractivity contribution in [1.29, 1.82) is 0 Å². The molecule has 0 aliphatic heterocycles. The van der Waals surface area contributed by atoms with Gasteiger partial charge in [0.25, 0.3) is 5.56 Å². The number of fused-ring (bicyclic) bond motifs is 2. The molecule has 4 aromatic rings. The Balaban J connectivity index is 1.51. The first-order valence-electron chi connectivity index (χ1n) is 9.98. The molecule has 29 heavy (non-hydrogen) atoms. The highest BCUT2D eigenvalue weighted by Gasteiger charge is 2.22. The minimum absolute atomic E-state index is 0.0511. The lowest BCUT2D eigenvalue weighted by Crippen LogP contribution is -2.18. The summed E-state index contributed by atoms with van der Waals surface area (Å²) in [6.45, 7) is 4.03. The van der Waals surface area contributed by atoms with Crippen LogP contribution in [0.15, 0.2) is 41.5 Å². The lowest BCUT2D eigenvalue weighted by atomic mass is 9.81. The zero-order chi connectivity index (χ0) is 20.1. The summed E-state index contributed by atoms with van der Waals surface area (Å²) in [5.41, 5.74) is 7.92. The third-order valence-electron chi connectivity index (χ3n) is 6.02. The van der Waals surface area contributed by atoms with Crippen LogP contribution in [0.1, 0.15) is 47.6 Å². The van der Waals surface area contributed by atoms with E-state index in [1.54, 1.807) is 6.20 Å². The first-order valence-corrected chi connectivity index (χ1v) is 9.98. The van der Waals surface area contributed by atoms with Crippen LogP contribution in [0.25, 0.3) is 27.6 Å². The molecule has 6 heteroatoms. The molecule has 0 bridgehead atoms. The van der Waals surface area contributed by atoms with Crippen LogP contribution in [-0.4, -0.2) is 24.7 Å². The van der Waals surface area contributed by atoms with E-state index < -0.39 is 0 Å². The van der Waals surface area contributed by atoms with Crippen molar-refractivity contribution in [3.63, 3.8) is 0 Å². The molecule has 0 radical (unpaired) electrons. The number of hydrogen-bond acceptors (Lipinski definition) is 4. The van der Waals surface area contributed by atoms with Crippen LogP contribution in [0.3, 0.4) is 0 Å². The van der Waals surface area contributed by atoms with Crippen molar-refractivity contribution in [2.75, 3.05) is 0 Å². The number of benzene rings is 1. The van der Waals surface area contributed by atoms with Gasteiger partial charge in [0.15, 0.2) is 5.65 Å². The van der Waals surface area contributed by atoms with Gasteiger partial charge in [-0.15, -0.1) is 0 Å². The standard InChI is InChI=1S/C23H23N5O/c1-13-4-9-20-18(12-25-28(20)3)21(13)16-7-5-15(6-8-16)17-10-19-22(27-23(17)29)26-14(2)11-24-19/h4,7,9-12,15H,5-6,8H2,1-3H3,(H,26,27,29). The summed E-state index contributed by atoms with van der Waals surface area (Å²) in [5, 5.41) is 5.63. The second kappa shape index (κ2) is 6.65. The molecule has 146 valence electrons. The molecule has 0 saturated heterocycles. The molecule has 1 aliphatic rings. The second-order valence-electron chi connectivity index (χ2n) is 7.96. The van der Waals surface area contributed by atoms with Gasteiger partial charge >= 0.3 is 0 Å². The van der Waals surface area contributed by atoms with Crippen LogP contribution in [0.2, 0.25) is 0 Å². The van der Waals surface area contributed by atoms with Gasteiger partial charge in [-0.05, 0) is 67.9 Å². The minimum Gasteiger partial charge on any atom is -0.305 e. The summed E-state index contributed by atoms with van der Waals surface area (Å²) in [6.07, 6.45) is 8.72. The van der Waals surface area contributed by atoms with Gasteiger partial charge in [0.2, 0.25) is 0 Å². The Morgan fingerprint density at radius 1 is 1.21 bits per heavy atom. The van der Waals surface area contributed by atoms with Crippen molar-refractivity contribution in [2.45, 2.75) is 39.0 Å². The van der Waals surface area contributed by atoms with Crippen LogP contribution in [0, 0.1) is 13.8 Å². The van der Waals surface area contributed by atoms with Gasteiger partial charge in [-0.1, -0.05) is 12.1 Å². The Bertz CT molecular complexity index is 1340. The number of pyridine rings is 1. The summed E-state index contributed by atoms with van der Waals surface area (Å²) in [6, 6.07) is 6.21. The summed E-state index contributed by atoms with van der Waals surface area (Å²) in [7, 11) is 1.98. The average molecular weight is 385 g/mol. The zero-order valence-electron chi connectivity index (χ0n) is 16.9. The van der Waals surface area contributed by atoms with Gasteiger partial charge in [0, 0.05) is 24.2 Å². The van der Waals surface area contributed by atoms with Crippen molar-refractivity contribution >= 4 is 27.6 Å². The van der Waals surface area contributed by atoms with Crippen molar-refractivity contribution in [3.05, 3.63) is 69.4 Å². The highest BCUT2D eigenvalue weighted by atomic mass is 16.1. The van der Waals surface area contributed by atoms with E-state index in [4.69, 9.17) is 0 Å². The Kier molecular flexibility index (Phi) is 4.08. The van der Waals surface area contributed by atoms with Gasteiger partial charge in [-0.3, -0.25) is 14.5 Å². The monoisotopic (exact) mass is 385 g/mol. The lowest BCUT2D eigenvalue weighted by molar-refractivity contribution is 0.619. The zero-order valence-corrected chi connectivity index (χ0v) is 16.9. The molecular weight excluding hydrogens is 362 g/mol. The second-order valence-corrected chi connectivity index (χ2v) is 7.96. The number of aromatic nitrogens is 5. The van der Waals surface area contributed by atoms with Crippen LogP contribution in [0.5, 0.6) is 0 Å². The van der Waals surface area contributed by atoms with E-state index in [9.17, 15) is 4.79 Å². The Labute approximate surface area is 168 Å². The largest absolute Gasteiger partial charge is 0.305 e. The third-order valence-corrected chi connectivity index (χ3v) is 6.02. The quantitative estimate of drug-likeness (QED) is 0.562. The van der Waals surface area contributed by atoms with E-state index in [-0.39, 0.29) is 11.5 Å². The number of nitrogens with zero attached hydrogens (tertiary/aromatic N) is 4. The van der Waals surface area contributed by atoms with E-state index in [1.165, 1.54) is 22.1 Å². The summed E-state index contributed by atoms with van der Waals surface area (Å²) in [5.74, 6) is 0.198. The van der Waals surface area contributed by atoms with Crippen molar-refractivity contribution in [1.82, 2.24) is 24.7 Å². The fourth-order valence-electron chi connectivity index (χ4n) is 4.49. The van der Waals surface area contributed by atoms with E-state index in [0.717, 1.165) is 41.6 Å². The molecule has 3 aromatic heterocycles. The highest BCUT2D eigenvalue weighted by Crippen LogP contribution is 2.38. The van der Waals surface area contributed by atoms with Crippen LogP contribution in [-0.2, 0) is 7.05 Å². The molecular formula is C23H23N5O. The van der Waals surface area contributed by atoms with Gasteiger partial charge in [-0.2, -0.15) is 5.10 Å². The van der Waals surface area contributed by atoms with E-state index >= 15 is 0 Å². The SMILES string of the molecule is Cc1cnc2cc(C3CC=C(c4c(C)ccc5c4cnn5C)CC3)c(=O)[nH]c2n1. The smallest absolute Gasteiger partial charge is 0.253 e. The third kappa shape index (κ3) is 2.95. The van der Waals surface area contributed by atoms with Gasteiger partial charge in [0.05, 0.1) is 17.4 Å². The maximum atomic E-state index is 12.7. The predicted octanol–water partition coefficient (Wildman–Crippen LogP) is 4.17. The number of rotatable bonds is 2. The number of aryl methyl sites for hydroxylation is 3. The fourth-order valence-corrected chi connectivity index (χ4v) is 4.49. The van der Waals surface area contributed by atoms with Gasteiger partial charge in [0.1, 0.15) is 5.52 Å². The van der Waals surface area contributed by atoms with E-state index in [0.29, 0.717) is 5.65 Å². The average Bonchev–Trinajstić information content (AvgIpc) is 3.08. The van der Waals surface area contributed by atoms with Crippen LogP contribution in [0.4, 0.5) is 0 Å². The molecule has 1 unspecified atom stereocenters. The Morgan fingerprint density at radius 2 is 2.07 bits per heavy atom. The van der Waals surface area contributed by atoms with Crippen molar-refractivity contribution < 1.29 is 0 Å². The maximum absolute atomic E-state index is 12.7.